The number of fused-ring (bicyclic) bond motifs is 8. The second kappa shape index (κ2) is 16.5. The van der Waals surface area contributed by atoms with Gasteiger partial charge in [0.05, 0.1) is 66.1 Å². The van der Waals surface area contributed by atoms with Gasteiger partial charge in [0.15, 0.2) is 5.41 Å². The summed E-state index contributed by atoms with van der Waals surface area (Å²) in [6.07, 6.45) is 0. The predicted molar refractivity (Wildman–Crippen MR) is 312 cm³/mol. The van der Waals surface area contributed by atoms with Crippen molar-refractivity contribution in [1.29, 1.82) is 0 Å². The predicted octanol–water partition coefficient (Wildman–Crippen LogP) is 12.1. The molecule has 1 fully saturated rings. The Morgan fingerprint density at radius 1 is 0.321 bits per heavy atom. The summed E-state index contributed by atoms with van der Waals surface area (Å²) >= 11 is 0. The molecule has 0 aromatic heterocycles. The summed E-state index contributed by atoms with van der Waals surface area (Å²) in [5, 5.41) is 36.0. The second-order valence-electron chi connectivity index (χ2n) is 24.8. The van der Waals surface area contributed by atoms with Gasteiger partial charge in [-0.3, -0.25) is 9.59 Å². The SMILES string of the molecule is CC(C)(C)OC(=O)COCCOCCOCCOC(=O)C1(C(=O)OCCOCCOCCOCC(=O)OC(C)(C)C)C2c3c4ccc5c6ccc7c8ccc9c%10ccc%11c(c%12c3c3c4c5c4c6c7c5c8c9c6c%10c%11c%12c7c3c4c5c67)C21. The lowest BCUT2D eigenvalue weighted by atomic mass is 9.88. The molecule has 2 aliphatic carbocycles. The van der Waals surface area contributed by atoms with Crippen molar-refractivity contribution in [2.75, 3.05) is 92.5 Å². The van der Waals surface area contributed by atoms with Gasteiger partial charge in [0.1, 0.15) is 37.6 Å². The van der Waals surface area contributed by atoms with E-state index in [-0.39, 0.29) is 92.5 Å². The molecule has 15 aromatic carbocycles. The van der Waals surface area contributed by atoms with Gasteiger partial charge in [0.25, 0.3) is 0 Å². The van der Waals surface area contributed by atoms with Crippen LogP contribution in [0.4, 0.5) is 0 Å². The molecule has 1 saturated carbocycles. The van der Waals surface area contributed by atoms with Crippen molar-refractivity contribution in [3.8, 4) is 0 Å². The molecular formula is C67H56O14. The van der Waals surface area contributed by atoms with Crippen molar-refractivity contribution in [2.45, 2.75) is 64.6 Å². The van der Waals surface area contributed by atoms with E-state index >= 15 is 9.59 Å². The Labute approximate surface area is 461 Å². The van der Waals surface area contributed by atoms with Gasteiger partial charge in [0.2, 0.25) is 0 Å². The van der Waals surface area contributed by atoms with E-state index in [1.807, 2.05) is 0 Å². The molecule has 14 nitrogen and oxygen atoms in total. The van der Waals surface area contributed by atoms with E-state index in [0.717, 1.165) is 32.7 Å². The molecular weight excluding hydrogens is 1030 g/mol. The van der Waals surface area contributed by atoms with Crippen LogP contribution in [0.5, 0.6) is 0 Å². The van der Waals surface area contributed by atoms with Crippen LogP contribution in [0.25, 0.3) is 151 Å². The average molecular weight is 1090 g/mol. The fourth-order valence-corrected chi connectivity index (χ4v) is 16.1. The van der Waals surface area contributed by atoms with Crippen molar-refractivity contribution in [3.63, 3.8) is 0 Å². The number of hydrogen-bond acceptors (Lipinski definition) is 14. The van der Waals surface area contributed by atoms with Crippen LogP contribution in [0.2, 0.25) is 0 Å². The van der Waals surface area contributed by atoms with Crippen LogP contribution in [0, 0.1) is 5.41 Å². The summed E-state index contributed by atoms with van der Waals surface area (Å²) in [6.45, 7) is 12.4. The summed E-state index contributed by atoms with van der Waals surface area (Å²) in [7, 11) is 0. The van der Waals surface area contributed by atoms with Crippen molar-refractivity contribution in [1.82, 2.24) is 0 Å². The summed E-state index contributed by atoms with van der Waals surface area (Å²) in [5.41, 5.74) is -0.821. The first-order chi connectivity index (χ1) is 39.2. The van der Waals surface area contributed by atoms with E-state index in [4.69, 9.17) is 47.4 Å². The highest BCUT2D eigenvalue weighted by molar-refractivity contribution is 6.69. The topological polar surface area (TPSA) is 161 Å². The highest BCUT2D eigenvalue weighted by Gasteiger charge is 2.79. The van der Waals surface area contributed by atoms with Gasteiger partial charge in [0, 0.05) is 11.8 Å². The zero-order chi connectivity index (χ0) is 54.9. The van der Waals surface area contributed by atoms with E-state index in [1.165, 1.54) is 129 Å². The molecule has 0 aliphatic heterocycles. The molecule has 408 valence electrons. The van der Waals surface area contributed by atoms with Crippen LogP contribution in [0.15, 0.2) is 48.5 Å². The third-order valence-corrected chi connectivity index (χ3v) is 18.3. The molecule has 0 saturated heterocycles. The van der Waals surface area contributed by atoms with Gasteiger partial charge < -0.3 is 47.4 Å². The van der Waals surface area contributed by atoms with Gasteiger partial charge in [-0.25, -0.2) is 9.59 Å². The van der Waals surface area contributed by atoms with Crippen LogP contribution in [0.1, 0.15) is 64.5 Å². The van der Waals surface area contributed by atoms with E-state index in [0.29, 0.717) is 0 Å². The molecule has 2 atom stereocenters. The van der Waals surface area contributed by atoms with Crippen molar-refractivity contribution in [2.24, 2.45) is 5.41 Å². The molecule has 2 unspecified atom stereocenters. The van der Waals surface area contributed by atoms with E-state index in [9.17, 15) is 9.59 Å². The quantitative estimate of drug-likeness (QED) is 0.0185. The van der Waals surface area contributed by atoms with E-state index in [2.05, 4.69) is 48.5 Å². The first-order valence-corrected chi connectivity index (χ1v) is 28.4. The number of rotatable bonds is 24. The lowest BCUT2D eigenvalue weighted by molar-refractivity contribution is -0.167. The van der Waals surface area contributed by atoms with Gasteiger partial charge >= 0.3 is 23.9 Å². The summed E-state index contributed by atoms with van der Waals surface area (Å²) in [5.74, 6) is -3.27. The number of hydrogen-bond donors (Lipinski definition) is 0. The fraction of sp³-hybridized carbons (Fsp3) is 0.373. The number of carbonyl (C=O) groups excluding carboxylic acids is 4. The molecule has 0 bridgehead atoms. The minimum Gasteiger partial charge on any atom is -0.462 e. The van der Waals surface area contributed by atoms with Crippen LogP contribution < -0.4 is 0 Å². The minimum atomic E-state index is -1.71. The maximum atomic E-state index is 15.6. The Hall–Kier alpha value is -7.30. The third kappa shape index (κ3) is 6.07. The zero-order valence-electron chi connectivity index (χ0n) is 45.9. The minimum absolute atomic E-state index is 0.0790. The molecule has 15 aromatic rings. The summed E-state index contributed by atoms with van der Waals surface area (Å²) < 4.78 is 57.1. The normalized spacial score (nSPS) is 17.1. The fourth-order valence-electron chi connectivity index (χ4n) is 16.1. The first kappa shape index (κ1) is 48.4. The molecule has 0 spiro atoms. The lowest BCUT2D eigenvalue weighted by Gasteiger charge is -2.19. The van der Waals surface area contributed by atoms with Crippen LogP contribution >= 0.6 is 0 Å². The molecule has 0 N–H and O–H groups in total. The molecule has 0 heterocycles. The van der Waals surface area contributed by atoms with E-state index < -0.39 is 52.3 Å². The largest absolute Gasteiger partial charge is 0.462 e. The smallest absolute Gasteiger partial charge is 0.332 e. The molecule has 0 radical (unpaired) electrons. The lowest BCUT2D eigenvalue weighted by Crippen LogP contribution is -2.34. The Morgan fingerprint density at radius 3 is 0.852 bits per heavy atom. The Kier molecular flexibility index (Phi) is 9.84. The Balaban J connectivity index is 0.712. The second-order valence-corrected chi connectivity index (χ2v) is 24.8. The molecule has 14 heteroatoms. The van der Waals surface area contributed by atoms with Crippen molar-refractivity contribution in [3.05, 3.63) is 59.7 Å². The van der Waals surface area contributed by atoms with Crippen LogP contribution in [-0.4, -0.2) is 128 Å². The standard InChI is InChI=1S/C67H56O14/c1-65(2,3)80-37(68)27-76-21-19-72-15-17-74-23-25-78-63(70)67(64(71)79-26-24-75-18-16-73-20-22-77-28-38(69)81-66(4,5)6)61-47-35-13-11-33-31-9-7-29-30-8-10-32-34-12-14-36-46-44(34)51-42(32)40(30)49-39(29)41(31)50-43(33)45(35)52-54(47)55(48(36)62(61)67)53(46)60-58(51)56(49)57(50)59(52)60/h7-14,61-62H,15-28H2,1-6H3. The monoisotopic (exact) mass is 1080 g/mol. The first-order valence-electron chi connectivity index (χ1n) is 28.4. The van der Waals surface area contributed by atoms with Gasteiger partial charge in [-0.1, -0.05) is 48.5 Å². The molecule has 2 aliphatic rings. The number of carbonyl (C=O) groups is 4. The van der Waals surface area contributed by atoms with Crippen LogP contribution in [0.3, 0.4) is 0 Å². The summed E-state index contributed by atoms with van der Waals surface area (Å²) in [4.78, 5) is 55.1. The molecule has 17 rings (SSSR count). The third-order valence-electron chi connectivity index (χ3n) is 18.3. The number of ether oxygens (including phenoxy) is 10. The van der Waals surface area contributed by atoms with Crippen molar-refractivity contribution < 1.29 is 66.5 Å². The Bertz CT molecular complexity index is 4600. The average Bonchev–Trinajstić information content (AvgIpc) is 1.44. The van der Waals surface area contributed by atoms with E-state index in [1.54, 1.807) is 41.5 Å². The highest BCUT2D eigenvalue weighted by atomic mass is 16.6. The maximum Gasteiger partial charge on any atom is 0.332 e. The van der Waals surface area contributed by atoms with Crippen molar-refractivity contribution >= 4 is 175 Å². The summed E-state index contributed by atoms with van der Waals surface area (Å²) in [6, 6.07) is 18.6. The number of benzene rings is 9. The maximum absolute atomic E-state index is 15.6. The van der Waals surface area contributed by atoms with Gasteiger partial charge in [-0.15, -0.1) is 0 Å². The number of esters is 4. The highest BCUT2D eigenvalue weighted by Crippen LogP contribution is 2.80. The van der Waals surface area contributed by atoms with Gasteiger partial charge in [-0.2, -0.15) is 0 Å². The molecule has 0 amide bonds. The molecule has 81 heavy (non-hydrogen) atoms. The van der Waals surface area contributed by atoms with Crippen LogP contribution in [-0.2, 0) is 66.5 Å². The Morgan fingerprint density at radius 2 is 0.556 bits per heavy atom. The van der Waals surface area contributed by atoms with Gasteiger partial charge in [-0.05, 0) is 203 Å². The zero-order valence-corrected chi connectivity index (χ0v) is 45.9.